The molecule has 0 radical (unpaired) electrons. The first-order chi connectivity index (χ1) is 5.94. The minimum atomic E-state index is -0.860. The van der Waals surface area contributed by atoms with Crippen molar-refractivity contribution in [2.45, 2.75) is 26.2 Å². The lowest BCUT2D eigenvalue weighted by molar-refractivity contribution is -0.142. The van der Waals surface area contributed by atoms with Gasteiger partial charge in [0.25, 0.3) is 0 Å². The summed E-state index contributed by atoms with van der Waals surface area (Å²) in [7, 11) is 0. The zero-order valence-corrected chi connectivity index (χ0v) is 9.26. The number of carboxylic acids is 1. The zero-order valence-electron chi connectivity index (χ0n) is 8.44. The summed E-state index contributed by atoms with van der Waals surface area (Å²) < 4.78 is 0. The molecule has 0 aliphatic rings. The van der Waals surface area contributed by atoms with Crippen LogP contribution in [0.3, 0.4) is 0 Å². The third-order valence-corrected chi connectivity index (χ3v) is 2.17. The predicted molar refractivity (Wildman–Crippen MR) is 56.9 cm³/mol. The summed E-state index contributed by atoms with van der Waals surface area (Å²) in [5, 5.41) is 8.94. The van der Waals surface area contributed by atoms with Gasteiger partial charge >= 0.3 is 5.97 Å². The lowest BCUT2D eigenvalue weighted by Gasteiger charge is -2.18. The van der Waals surface area contributed by atoms with Crippen molar-refractivity contribution >= 4 is 18.4 Å². The van der Waals surface area contributed by atoms with Gasteiger partial charge in [0.05, 0.1) is 5.41 Å². The van der Waals surface area contributed by atoms with E-state index < -0.39 is 11.4 Å². The number of pyridine rings is 1. The Morgan fingerprint density at radius 1 is 1.43 bits per heavy atom. The number of hydrogen-bond acceptors (Lipinski definition) is 2. The third kappa shape index (κ3) is 2.45. The molecule has 0 aliphatic carbocycles. The molecule has 0 fully saturated rings. The van der Waals surface area contributed by atoms with Crippen LogP contribution in [0.4, 0.5) is 0 Å². The van der Waals surface area contributed by atoms with Gasteiger partial charge in [-0.15, -0.1) is 12.4 Å². The molecule has 0 saturated carbocycles. The summed E-state index contributed by atoms with van der Waals surface area (Å²) in [6, 6.07) is 3.62. The highest BCUT2D eigenvalue weighted by Crippen LogP contribution is 2.22. The Kier molecular flexibility index (Phi) is 4.08. The van der Waals surface area contributed by atoms with E-state index in [1.54, 1.807) is 26.1 Å². The molecule has 0 saturated heterocycles. The molecule has 1 heterocycles. The van der Waals surface area contributed by atoms with Crippen LogP contribution in [-0.2, 0) is 10.2 Å². The Labute approximate surface area is 89.6 Å². The molecule has 0 amide bonds. The molecule has 0 atom stereocenters. The number of carboxylic acid groups (broad SMARTS) is 1. The number of aliphatic carboxylic acids is 1. The molecule has 0 bridgehead atoms. The minimum Gasteiger partial charge on any atom is -0.481 e. The number of nitrogens with zero attached hydrogens (tertiary/aromatic N) is 1. The lowest BCUT2D eigenvalue weighted by atomic mass is 9.86. The molecule has 0 aliphatic heterocycles. The smallest absolute Gasteiger partial charge is 0.313 e. The molecule has 1 aromatic rings. The fourth-order valence-electron chi connectivity index (χ4n) is 0.961. The van der Waals surface area contributed by atoms with E-state index in [-0.39, 0.29) is 12.4 Å². The van der Waals surface area contributed by atoms with Crippen LogP contribution in [-0.4, -0.2) is 16.1 Å². The standard InChI is InChI=1S/C10H13NO2.ClH/c1-7-4-5-8(6-11-7)10(2,3)9(12)13;/h4-6H,1-3H3,(H,12,13);1H. The Hall–Kier alpha value is -1.09. The predicted octanol–water partition coefficient (Wildman–Crippen LogP) is 2.17. The van der Waals surface area contributed by atoms with Gasteiger partial charge in [0, 0.05) is 11.9 Å². The van der Waals surface area contributed by atoms with Crippen molar-refractivity contribution in [1.82, 2.24) is 4.98 Å². The number of halogens is 1. The fourth-order valence-corrected chi connectivity index (χ4v) is 0.961. The van der Waals surface area contributed by atoms with Crippen molar-refractivity contribution < 1.29 is 9.90 Å². The van der Waals surface area contributed by atoms with Crippen molar-refractivity contribution in [3.8, 4) is 0 Å². The summed E-state index contributed by atoms with van der Waals surface area (Å²) in [4.78, 5) is 14.9. The van der Waals surface area contributed by atoms with E-state index in [9.17, 15) is 4.79 Å². The first-order valence-electron chi connectivity index (χ1n) is 4.11. The minimum absolute atomic E-state index is 0. The summed E-state index contributed by atoms with van der Waals surface area (Å²) in [5.41, 5.74) is 0.760. The third-order valence-electron chi connectivity index (χ3n) is 2.17. The van der Waals surface area contributed by atoms with Crippen molar-refractivity contribution in [1.29, 1.82) is 0 Å². The summed E-state index contributed by atoms with van der Waals surface area (Å²) in [5.74, 6) is -0.835. The second kappa shape index (κ2) is 4.42. The van der Waals surface area contributed by atoms with Crippen LogP contribution < -0.4 is 0 Å². The van der Waals surface area contributed by atoms with Gasteiger partial charge in [-0.05, 0) is 32.4 Å². The van der Waals surface area contributed by atoms with E-state index in [2.05, 4.69) is 4.98 Å². The number of hydrogen-bond donors (Lipinski definition) is 1. The maximum absolute atomic E-state index is 10.9. The molecule has 1 rings (SSSR count). The van der Waals surface area contributed by atoms with Gasteiger partial charge in [0.2, 0.25) is 0 Å². The van der Waals surface area contributed by atoms with Crippen molar-refractivity contribution in [3.63, 3.8) is 0 Å². The highest BCUT2D eigenvalue weighted by atomic mass is 35.5. The molecule has 3 nitrogen and oxygen atoms in total. The van der Waals surface area contributed by atoms with Gasteiger partial charge in [0.1, 0.15) is 0 Å². The van der Waals surface area contributed by atoms with E-state index in [1.165, 1.54) is 0 Å². The summed E-state index contributed by atoms with van der Waals surface area (Å²) >= 11 is 0. The van der Waals surface area contributed by atoms with Crippen molar-refractivity contribution in [2.75, 3.05) is 0 Å². The largest absolute Gasteiger partial charge is 0.481 e. The Morgan fingerprint density at radius 3 is 2.36 bits per heavy atom. The number of aryl methyl sites for hydroxylation is 1. The van der Waals surface area contributed by atoms with E-state index >= 15 is 0 Å². The quantitative estimate of drug-likeness (QED) is 0.823. The van der Waals surface area contributed by atoms with Crippen LogP contribution in [0.1, 0.15) is 25.1 Å². The molecule has 14 heavy (non-hydrogen) atoms. The molecule has 78 valence electrons. The molecule has 0 spiro atoms. The Balaban J connectivity index is 0.00000169. The Morgan fingerprint density at radius 2 is 2.00 bits per heavy atom. The zero-order chi connectivity index (χ0) is 10.1. The first kappa shape index (κ1) is 12.9. The highest BCUT2D eigenvalue weighted by Gasteiger charge is 2.29. The van der Waals surface area contributed by atoms with Crippen LogP contribution in [0.15, 0.2) is 18.3 Å². The van der Waals surface area contributed by atoms with Crippen LogP contribution in [0.2, 0.25) is 0 Å². The molecular formula is C10H14ClNO2. The molecule has 4 heteroatoms. The van der Waals surface area contributed by atoms with E-state index in [0.29, 0.717) is 0 Å². The molecule has 0 unspecified atom stereocenters. The average molecular weight is 216 g/mol. The van der Waals surface area contributed by atoms with Gasteiger partial charge in [-0.25, -0.2) is 0 Å². The molecule has 0 aromatic carbocycles. The van der Waals surface area contributed by atoms with Gasteiger partial charge in [-0.1, -0.05) is 6.07 Å². The average Bonchev–Trinajstić information content (AvgIpc) is 2.04. The Bertz CT molecular complexity index is 319. The van der Waals surface area contributed by atoms with Gasteiger partial charge in [0.15, 0.2) is 0 Å². The number of aromatic nitrogens is 1. The number of carbonyl (C=O) groups is 1. The van der Waals surface area contributed by atoms with Crippen molar-refractivity contribution in [2.24, 2.45) is 0 Å². The summed E-state index contributed by atoms with van der Waals surface area (Å²) in [6.45, 7) is 5.21. The summed E-state index contributed by atoms with van der Waals surface area (Å²) in [6.07, 6.45) is 1.61. The molecule has 1 N–H and O–H groups in total. The topological polar surface area (TPSA) is 50.2 Å². The monoisotopic (exact) mass is 215 g/mol. The second-order valence-electron chi connectivity index (χ2n) is 3.62. The maximum atomic E-state index is 10.9. The normalized spacial score (nSPS) is 10.5. The molecular weight excluding hydrogens is 202 g/mol. The van der Waals surface area contributed by atoms with Crippen LogP contribution in [0, 0.1) is 6.92 Å². The SMILES string of the molecule is Cc1ccc(C(C)(C)C(=O)O)cn1.Cl. The number of rotatable bonds is 2. The van der Waals surface area contributed by atoms with Gasteiger partial charge in [-0.3, -0.25) is 9.78 Å². The van der Waals surface area contributed by atoms with E-state index in [1.807, 2.05) is 13.0 Å². The maximum Gasteiger partial charge on any atom is 0.313 e. The van der Waals surface area contributed by atoms with Crippen LogP contribution in [0.25, 0.3) is 0 Å². The molecule has 1 aromatic heterocycles. The van der Waals surface area contributed by atoms with Gasteiger partial charge in [-0.2, -0.15) is 0 Å². The van der Waals surface area contributed by atoms with E-state index in [0.717, 1.165) is 11.3 Å². The lowest BCUT2D eigenvalue weighted by Crippen LogP contribution is -2.28. The van der Waals surface area contributed by atoms with Crippen molar-refractivity contribution in [3.05, 3.63) is 29.6 Å². The highest BCUT2D eigenvalue weighted by molar-refractivity contribution is 5.85. The van der Waals surface area contributed by atoms with Crippen LogP contribution in [0.5, 0.6) is 0 Å². The first-order valence-corrected chi connectivity index (χ1v) is 4.11. The fraction of sp³-hybridized carbons (Fsp3) is 0.400. The van der Waals surface area contributed by atoms with Gasteiger partial charge < -0.3 is 5.11 Å². The van der Waals surface area contributed by atoms with Crippen LogP contribution >= 0.6 is 12.4 Å². The second-order valence-corrected chi connectivity index (χ2v) is 3.62. The van der Waals surface area contributed by atoms with E-state index in [4.69, 9.17) is 5.11 Å².